The molecule has 4 atom stereocenters. The zero-order valence-corrected chi connectivity index (χ0v) is 21.9. The predicted octanol–water partition coefficient (Wildman–Crippen LogP) is 5.94. The normalized spacial score (nSPS) is 21.4. The highest BCUT2D eigenvalue weighted by molar-refractivity contribution is 6.22. The van der Waals surface area contributed by atoms with Crippen LogP contribution in [0.3, 0.4) is 0 Å². The van der Waals surface area contributed by atoms with Crippen LogP contribution in [0.5, 0.6) is 0 Å². The molecule has 0 bridgehead atoms. The lowest BCUT2D eigenvalue weighted by molar-refractivity contribution is -0.122. The fourth-order valence-corrected chi connectivity index (χ4v) is 5.75. The van der Waals surface area contributed by atoms with E-state index in [0.717, 1.165) is 18.6 Å². The number of imide groups is 1. The molecule has 1 heterocycles. The van der Waals surface area contributed by atoms with Crippen LogP contribution in [-0.2, 0) is 14.3 Å². The van der Waals surface area contributed by atoms with Crippen molar-refractivity contribution in [3.8, 4) is 0 Å². The zero-order valence-electron chi connectivity index (χ0n) is 21.1. The summed E-state index contributed by atoms with van der Waals surface area (Å²) in [5.41, 5.74) is 1.94. The first-order valence-electron chi connectivity index (χ1n) is 13.0. The van der Waals surface area contributed by atoms with E-state index >= 15 is 0 Å². The topological polar surface area (TPSA) is 80.8 Å². The molecule has 2 fully saturated rings. The van der Waals surface area contributed by atoms with Crippen LogP contribution >= 0.6 is 11.6 Å². The van der Waals surface area contributed by atoms with Crippen LogP contribution in [0.25, 0.3) is 0 Å². The number of esters is 1. The molecule has 2 aliphatic rings. The molecule has 5 rings (SSSR count). The molecule has 3 aromatic rings. The molecule has 0 radical (unpaired) electrons. The van der Waals surface area contributed by atoms with E-state index < -0.39 is 23.7 Å². The Balaban J connectivity index is 1.27. The number of hydrogen-bond donors (Lipinski definition) is 0. The molecule has 0 aromatic heterocycles. The Morgan fingerprint density at radius 2 is 1.51 bits per heavy atom. The molecule has 39 heavy (non-hydrogen) atoms. The lowest BCUT2D eigenvalue weighted by Crippen LogP contribution is -2.31. The Kier molecular flexibility index (Phi) is 7.89. The van der Waals surface area contributed by atoms with Crippen LogP contribution in [0, 0.1) is 17.7 Å². The van der Waals surface area contributed by atoms with E-state index in [4.69, 9.17) is 16.3 Å². The molecule has 3 aromatic carbocycles. The largest absolute Gasteiger partial charge is 0.450 e. The van der Waals surface area contributed by atoms with Crippen molar-refractivity contribution >= 4 is 40.9 Å². The van der Waals surface area contributed by atoms with Crippen molar-refractivity contribution in [3.05, 3.63) is 101 Å². The number of amides is 2. The number of Topliss-reactive ketones (excluding diaryl/α,β-unsaturated/α-hetero) is 1. The quantitative estimate of drug-likeness (QED) is 0.151. The molecule has 1 saturated carbocycles. The van der Waals surface area contributed by atoms with E-state index in [9.17, 15) is 23.6 Å². The molecule has 1 saturated heterocycles. The standard InChI is InChI=1S/C31H27ClFNO5/c32-17-16-27(28(35)20-6-11-23(33)12-7-20)39-31(38)21-8-13-24(14-9-21)34-29(36)25-15-10-22(18-26(25)30(34)37)19-4-2-1-3-5-19/h1-9,11-14,22,25-27H,10,15-18H2/t22-,25+,26-,27+/m0/s1. The second kappa shape index (κ2) is 11.5. The Bertz CT molecular complexity index is 1380. The minimum absolute atomic E-state index is 0.0798. The highest BCUT2D eigenvalue weighted by atomic mass is 35.5. The summed E-state index contributed by atoms with van der Waals surface area (Å²) < 4.78 is 18.7. The lowest BCUT2D eigenvalue weighted by Gasteiger charge is -2.28. The van der Waals surface area contributed by atoms with Crippen molar-refractivity contribution in [2.45, 2.75) is 37.7 Å². The van der Waals surface area contributed by atoms with Crippen molar-refractivity contribution in [2.24, 2.45) is 11.8 Å². The van der Waals surface area contributed by atoms with Gasteiger partial charge in [0, 0.05) is 17.9 Å². The van der Waals surface area contributed by atoms with E-state index in [1.165, 1.54) is 46.9 Å². The van der Waals surface area contributed by atoms with Crippen LogP contribution in [0.1, 0.15) is 57.9 Å². The smallest absolute Gasteiger partial charge is 0.338 e. The van der Waals surface area contributed by atoms with Gasteiger partial charge in [0.15, 0.2) is 6.10 Å². The fourth-order valence-electron chi connectivity index (χ4n) is 5.55. The van der Waals surface area contributed by atoms with Gasteiger partial charge in [0.05, 0.1) is 23.1 Å². The number of hydrogen-bond acceptors (Lipinski definition) is 5. The van der Waals surface area contributed by atoms with Crippen LogP contribution < -0.4 is 4.90 Å². The molecule has 2 amide bonds. The average molecular weight is 548 g/mol. The Labute approximate surface area is 230 Å². The zero-order chi connectivity index (χ0) is 27.5. The molecule has 8 heteroatoms. The second-order valence-electron chi connectivity index (χ2n) is 9.94. The Morgan fingerprint density at radius 3 is 2.18 bits per heavy atom. The lowest BCUT2D eigenvalue weighted by atomic mass is 9.73. The van der Waals surface area contributed by atoms with Crippen molar-refractivity contribution in [3.63, 3.8) is 0 Å². The van der Waals surface area contributed by atoms with Gasteiger partial charge in [0.1, 0.15) is 5.82 Å². The molecule has 0 spiro atoms. The van der Waals surface area contributed by atoms with E-state index in [1.807, 2.05) is 18.2 Å². The van der Waals surface area contributed by atoms with Gasteiger partial charge in [-0.1, -0.05) is 30.3 Å². The number of anilines is 1. The van der Waals surface area contributed by atoms with Gasteiger partial charge in [-0.15, -0.1) is 11.6 Å². The summed E-state index contributed by atoms with van der Waals surface area (Å²) >= 11 is 5.83. The number of fused-ring (bicyclic) bond motifs is 1. The number of benzene rings is 3. The van der Waals surface area contributed by atoms with E-state index in [1.54, 1.807) is 0 Å². The minimum atomic E-state index is -1.14. The summed E-state index contributed by atoms with van der Waals surface area (Å²) in [6, 6.07) is 21.0. The van der Waals surface area contributed by atoms with E-state index in [0.29, 0.717) is 18.5 Å². The Hall–Kier alpha value is -3.84. The third-order valence-corrected chi connectivity index (χ3v) is 7.82. The van der Waals surface area contributed by atoms with Gasteiger partial charge in [-0.25, -0.2) is 9.18 Å². The number of carbonyl (C=O) groups is 4. The first-order chi connectivity index (χ1) is 18.9. The maximum absolute atomic E-state index is 13.3. The molecule has 6 nitrogen and oxygen atoms in total. The number of alkyl halides is 1. The molecule has 0 N–H and O–H groups in total. The van der Waals surface area contributed by atoms with Crippen LogP contribution in [0.4, 0.5) is 10.1 Å². The van der Waals surface area contributed by atoms with Crippen molar-refractivity contribution < 1.29 is 28.3 Å². The molecule has 0 unspecified atom stereocenters. The first-order valence-corrected chi connectivity index (χ1v) is 13.5. The average Bonchev–Trinajstić information content (AvgIpc) is 3.22. The van der Waals surface area contributed by atoms with Gasteiger partial charge in [-0.3, -0.25) is 19.3 Å². The first kappa shape index (κ1) is 26.8. The van der Waals surface area contributed by atoms with Gasteiger partial charge >= 0.3 is 5.97 Å². The third kappa shape index (κ3) is 5.50. The number of halogens is 2. The predicted molar refractivity (Wildman–Crippen MR) is 144 cm³/mol. The van der Waals surface area contributed by atoms with Gasteiger partial charge in [0.25, 0.3) is 0 Å². The van der Waals surface area contributed by atoms with Gasteiger partial charge in [0.2, 0.25) is 17.6 Å². The molecular weight excluding hydrogens is 521 g/mol. The number of ketones is 1. The number of nitrogens with zero attached hydrogens (tertiary/aromatic N) is 1. The summed E-state index contributed by atoms with van der Waals surface area (Å²) in [5.74, 6) is -2.52. The van der Waals surface area contributed by atoms with Gasteiger partial charge in [-0.2, -0.15) is 0 Å². The Morgan fingerprint density at radius 1 is 0.872 bits per heavy atom. The SMILES string of the molecule is O=C(O[C@H](CCCl)C(=O)c1ccc(F)cc1)c1ccc(N2C(=O)[C@H]3C[C@@H](c4ccccc4)CC[C@H]3C2=O)cc1. The fraction of sp³-hybridized carbons (Fsp3) is 0.290. The van der Waals surface area contributed by atoms with Gasteiger partial charge in [-0.05, 0) is 79.3 Å². The molecule has 1 aliphatic carbocycles. The summed E-state index contributed by atoms with van der Waals surface area (Å²) in [7, 11) is 0. The van der Waals surface area contributed by atoms with E-state index in [2.05, 4.69) is 12.1 Å². The maximum Gasteiger partial charge on any atom is 0.338 e. The highest BCUT2D eigenvalue weighted by Gasteiger charge is 2.50. The van der Waals surface area contributed by atoms with Crippen LogP contribution in [-0.4, -0.2) is 35.6 Å². The summed E-state index contributed by atoms with van der Waals surface area (Å²) in [5, 5.41) is 0. The molecule has 200 valence electrons. The number of ether oxygens (including phenoxy) is 1. The van der Waals surface area contributed by atoms with Crippen LogP contribution in [0.15, 0.2) is 78.9 Å². The van der Waals surface area contributed by atoms with E-state index in [-0.39, 0.29) is 53.0 Å². The summed E-state index contributed by atoms with van der Waals surface area (Å²) in [6.45, 7) is 0. The third-order valence-electron chi connectivity index (χ3n) is 7.60. The summed E-state index contributed by atoms with van der Waals surface area (Å²) in [6.07, 6.45) is 1.08. The maximum atomic E-state index is 13.3. The monoisotopic (exact) mass is 547 g/mol. The minimum Gasteiger partial charge on any atom is -0.450 e. The van der Waals surface area contributed by atoms with Crippen molar-refractivity contribution in [1.82, 2.24) is 0 Å². The number of carbonyl (C=O) groups excluding carboxylic acids is 4. The number of rotatable bonds is 8. The molecular formula is C31H27ClFNO5. The molecule has 1 aliphatic heterocycles. The van der Waals surface area contributed by atoms with Crippen molar-refractivity contribution in [2.75, 3.05) is 10.8 Å². The van der Waals surface area contributed by atoms with Crippen molar-refractivity contribution in [1.29, 1.82) is 0 Å². The summed E-state index contributed by atoms with van der Waals surface area (Å²) in [4.78, 5) is 53.4. The van der Waals surface area contributed by atoms with Gasteiger partial charge < -0.3 is 4.74 Å². The highest BCUT2D eigenvalue weighted by Crippen LogP contribution is 2.45. The second-order valence-corrected chi connectivity index (χ2v) is 10.3. The van der Waals surface area contributed by atoms with Crippen LogP contribution in [0.2, 0.25) is 0 Å².